The number of rotatable bonds is 8. The SMILES string of the molecule is C#C[C@H](O)/C=C/CCCCCCC(=O)OC. The summed E-state index contributed by atoms with van der Waals surface area (Å²) in [6.07, 6.45) is 13.2. The van der Waals surface area contributed by atoms with Crippen molar-refractivity contribution in [1.29, 1.82) is 0 Å². The molecule has 0 saturated carbocycles. The number of allylic oxidation sites excluding steroid dienone is 1. The van der Waals surface area contributed by atoms with E-state index in [-0.39, 0.29) is 5.97 Å². The average Bonchev–Trinajstić information content (AvgIpc) is 2.31. The van der Waals surface area contributed by atoms with Crippen LogP contribution in [0.25, 0.3) is 0 Å². The minimum atomic E-state index is -0.765. The second kappa shape index (κ2) is 10.3. The minimum Gasteiger partial charge on any atom is -0.469 e. The molecule has 1 N–H and O–H groups in total. The van der Waals surface area contributed by atoms with E-state index in [4.69, 9.17) is 11.5 Å². The molecule has 0 aliphatic carbocycles. The van der Waals surface area contributed by atoms with Gasteiger partial charge >= 0.3 is 5.97 Å². The zero-order valence-corrected chi connectivity index (χ0v) is 9.82. The van der Waals surface area contributed by atoms with Crippen LogP contribution in [0.5, 0.6) is 0 Å². The molecule has 0 amide bonds. The van der Waals surface area contributed by atoms with Gasteiger partial charge in [-0.3, -0.25) is 4.79 Å². The van der Waals surface area contributed by atoms with Crippen molar-refractivity contribution in [1.82, 2.24) is 0 Å². The van der Waals surface area contributed by atoms with Gasteiger partial charge in [-0.2, -0.15) is 0 Å². The van der Waals surface area contributed by atoms with Gasteiger partial charge in [-0.25, -0.2) is 0 Å². The highest BCUT2D eigenvalue weighted by molar-refractivity contribution is 5.68. The van der Waals surface area contributed by atoms with Crippen LogP contribution in [0.3, 0.4) is 0 Å². The van der Waals surface area contributed by atoms with Crippen molar-refractivity contribution < 1.29 is 14.6 Å². The van der Waals surface area contributed by atoms with Crippen molar-refractivity contribution in [2.45, 2.75) is 44.6 Å². The number of carbonyl (C=O) groups is 1. The van der Waals surface area contributed by atoms with E-state index in [2.05, 4.69) is 10.7 Å². The first-order valence-electron chi connectivity index (χ1n) is 5.58. The van der Waals surface area contributed by atoms with Gasteiger partial charge in [0.1, 0.15) is 6.10 Å². The molecule has 0 aromatic rings. The molecule has 3 heteroatoms. The zero-order valence-electron chi connectivity index (χ0n) is 9.82. The lowest BCUT2D eigenvalue weighted by molar-refractivity contribution is -0.140. The molecule has 3 nitrogen and oxygen atoms in total. The lowest BCUT2D eigenvalue weighted by Crippen LogP contribution is -1.99. The third kappa shape index (κ3) is 9.29. The van der Waals surface area contributed by atoms with E-state index in [1.54, 1.807) is 6.08 Å². The van der Waals surface area contributed by atoms with E-state index in [1.165, 1.54) is 7.11 Å². The first-order chi connectivity index (χ1) is 7.70. The fourth-order valence-electron chi connectivity index (χ4n) is 1.27. The Balaban J connectivity index is 3.25. The third-order valence-electron chi connectivity index (χ3n) is 2.22. The number of aliphatic hydroxyl groups excluding tert-OH is 1. The summed E-state index contributed by atoms with van der Waals surface area (Å²) < 4.78 is 4.54. The topological polar surface area (TPSA) is 46.5 Å². The maximum absolute atomic E-state index is 10.8. The van der Waals surface area contributed by atoms with E-state index in [0.29, 0.717) is 6.42 Å². The predicted octanol–water partition coefficient (Wildman–Crippen LogP) is 2.05. The molecule has 0 saturated heterocycles. The van der Waals surface area contributed by atoms with Gasteiger partial charge in [0.05, 0.1) is 7.11 Å². The van der Waals surface area contributed by atoms with Crippen molar-refractivity contribution in [3.63, 3.8) is 0 Å². The molecule has 16 heavy (non-hydrogen) atoms. The summed E-state index contributed by atoms with van der Waals surface area (Å²) in [6, 6.07) is 0. The summed E-state index contributed by atoms with van der Waals surface area (Å²) in [5.74, 6) is 2.07. The lowest BCUT2D eigenvalue weighted by atomic mass is 10.1. The summed E-state index contributed by atoms with van der Waals surface area (Å²) >= 11 is 0. The largest absolute Gasteiger partial charge is 0.469 e. The molecule has 0 heterocycles. The Labute approximate surface area is 97.5 Å². The maximum Gasteiger partial charge on any atom is 0.305 e. The number of aliphatic hydroxyl groups is 1. The van der Waals surface area contributed by atoms with Crippen LogP contribution in [-0.2, 0) is 9.53 Å². The summed E-state index contributed by atoms with van der Waals surface area (Å²) in [4.78, 5) is 10.8. The van der Waals surface area contributed by atoms with Crippen LogP contribution in [0.1, 0.15) is 38.5 Å². The lowest BCUT2D eigenvalue weighted by Gasteiger charge is -1.99. The quantitative estimate of drug-likeness (QED) is 0.297. The summed E-state index contributed by atoms with van der Waals surface area (Å²) in [6.45, 7) is 0. The van der Waals surface area contributed by atoms with Crippen LogP contribution in [0.4, 0.5) is 0 Å². The molecule has 0 aliphatic rings. The van der Waals surface area contributed by atoms with Crippen molar-refractivity contribution in [2.75, 3.05) is 7.11 Å². The molecule has 0 aromatic carbocycles. The Bertz CT molecular complexity index is 250. The first-order valence-corrected chi connectivity index (χ1v) is 5.58. The molecule has 0 bridgehead atoms. The molecule has 0 unspecified atom stereocenters. The Morgan fingerprint density at radius 1 is 1.44 bits per heavy atom. The summed E-state index contributed by atoms with van der Waals surface area (Å²) in [5, 5.41) is 9.01. The van der Waals surface area contributed by atoms with E-state index in [9.17, 15) is 4.79 Å². The molecule has 1 atom stereocenters. The van der Waals surface area contributed by atoms with Gasteiger partial charge in [-0.05, 0) is 25.3 Å². The summed E-state index contributed by atoms with van der Waals surface area (Å²) in [5.41, 5.74) is 0. The molecular formula is C13H20O3. The number of methoxy groups -OCH3 is 1. The van der Waals surface area contributed by atoms with Crippen molar-refractivity contribution in [3.8, 4) is 12.3 Å². The number of terminal acetylenes is 1. The Morgan fingerprint density at radius 2 is 2.12 bits per heavy atom. The molecule has 0 aliphatic heterocycles. The predicted molar refractivity (Wildman–Crippen MR) is 63.7 cm³/mol. The average molecular weight is 224 g/mol. The van der Waals surface area contributed by atoms with Gasteiger partial charge in [0.2, 0.25) is 0 Å². The van der Waals surface area contributed by atoms with Gasteiger partial charge in [0.15, 0.2) is 0 Å². The minimum absolute atomic E-state index is 0.142. The molecule has 0 aromatic heterocycles. The number of unbranched alkanes of at least 4 members (excludes halogenated alkanes) is 4. The highest BCUT2D eigenvalue weighted by Crippen LogP contribution is 2.06. The first kappa shape index (κ1) is 14.7. The van der Waals surface area contributed by atoms with Crippen LogP contribution in [-0.4, -0.2) is 24.3 Å². The van der Waals surface area contributed by atoms with Crippen LogP contribution in [0.2, 0.25) is 0 Å². The monoisotopic (exact) mass is 224 g/mol. The van der Waals surface area contributed by atoms with Crippen molar-refractivity contribution >= 4 is 5.97 Å². The molecular weight excluding hydrogens is 204 g/mol. The van der Waals surface area contributed by atoms with Crippen LogP contribution >= 0.6 is 0 Å². The van der Waals surface area contributed by atoms with E-state index in [1.807, 2.05) is 6.08 Å². The van der Waals surface area contributed by atoms with Gasteiger partial charge in [-0.1, -0.05) is 24.8 Å². The van der Waals surface area contributed by atoms with Gasteiger partial charge in [-0.15, -0.1) is 6.42 Å². The number of ether oxygens (including phenoxy) is 1. The number of carbonyl (C=O) groups excluding carboxylic acids is 1. The maximum atomic E-state index is 10.8. The molecule has 90 valence electrons. The van der Waals surface area contributed by atoms with Gasteiger partial charge in [0.25, 0.3) is 0 Å². The van der Waals surface area contributed by atoms with Gasteiger partial charge < -0.3 is 9.84 Å². The molecule has 0 spiro atoms. The standard InChI is InChI=1S/C13H20O3/c1-3-12(14)10-8-6-4-5-7-9-11-13(15)16-2/h1,8,10,12,14H,4-7,9,11H2,2H3/b10-8+/t12-/m0/s1. The highest BCUT2D eigenvalue weighted by Gasteiger charge is 1.98. The Hall–Kier alpha value is -1.27. The van der Waals surface area contributed by atoms with Crippen molar-refractivity contribution in [2.24, 2.45) is 0 Å². The highest BCUT2D eigenvalue weighted by atomic mass is 16.5. The number of esters is 1. The van der Waals surface area contributed by atoms with Crippen molar-refractivity contribution in [3.05, 3.63) is 12.2 Å². The zero-order chi connectivity index (χ0) is 12.2. The van der Waals surface area contributed by atoms with Gasteiger partial charge in [0, 0.05) is 6.42 Å². The van der Waals surface area contributed by atoms with E-state index in [0.717, 1.165) is 32.1 Å². The number of hydrogen-bond acceptors (Lipinski definition) is 3. The smallest absolute Gasteiger partial charge is 0.305 e. The van der Waals surface area contributed by atoms with Crippen LogP contribution in [0, 0.1) is 12.3 Å². The number of hydrogen-bond donors (Lipinski definition) is 1. The molecule has 0 rings (SSSR count). The fourth-order valence-corrected chi connectivity index (χ4v) is 1.27. The Kier molecular flexibility index (Phi) is 9.44. The van der Waals surface area contributed by atoms with Crippen LogP contribution in [0.15, 0.2) is 12.2 Å². The fraction of sp³-hybridized carbons (Fsp3) is 0.615. The second-order valence-electron chi connectivity index (χ2n) is 3.57. The normalized spacial score (nSPS) is 12.3. The molecule has 0 fully saturated rings. The third-order valence-corrected chi connectivity index (χ3v) is 2.22. The summed E-state index contributed by atoms with van der Waals surface area (Å²) in [7, 11) is 1.41. The molecule has 0 radical (unpaired) electrons. The van der Waals surface area contributed by atoms with Crippen LogP contribution < -0.4 is 0 Å². The van der Waals surface area contributed by atoms with E-state index < -0.39 is 6.10 Å². The Morgan fingerprint density at radius 3 is 2.75 bits per heavy atom. The second-order valence-corrected chi connectivity index (χ2v) is 3.57. The van der Waals surface area contributed by atoms with E-state index >= 15 is 0 Å².